The van der Waals surface area contributed by atoms with Gasteiger partial charge in [-0.05, 0) is 37.9 Å². The number of methoxy groups -OCH3 is 1. The summed E-state index contributed by atoms with van der Waals surface area (Å²) < 4.78 is 5.53. The zero-order valence-electron chi connectivity index (χ0n) is 13.1. The molecule has 2 rings (SSSR count). The summed E-state index contributed by atoms with van der Waals surface area (Å²) in [6, 6.07) is 8.74. The number of nitrogens with zero attached hydrogens (tertiary/aromatic N) is 1. The Morgan fingerprint density at radius 1 is 1.40 bits per heavy atom. The van der Waals surface area contributed by atoms with Gasteiger partial charge in [-0.15, -0.1) is 0 Å². The van der Waals surface area contributed by atoms with Gasteiger partial charge in [0, 0.05) is 24.7 Å². The maximum Gasteiger partial charge on any atom is 0.123 e. The topological polar surface area (TPSA) is 24.5 Å². The molecule has 1 heterocycles. The van der Waals surface area contributed by atoms with Gasteiger partial charge in [0.05, 0.1) is 7.11 Å². The van der Waals surface area contributed by atoms with Gasteiger partial charge in [0.1, 0.15) is 5.75 Å². The maximum atomic E-state index is 5.53. The molecule has 3 heteroatoms. The van der Waals surface area contributed by atoms with Crippen LogP contribution in [0.5, 0.6) is 5.75 Å². The van der Waals surface area contributed by atoms with E-state index in [2.05, 4.69) is 42.3 Å². The fourth-order valence-electron chi connectivity index (χ4n) is 3.00. The van der Waals surface area contributed by atoms with E-state index in [0.29, 0.717) is 6.04 Å². The van der Waals surface area contributed by atoms with Gasteiger partial charge >= 0.3 is 0 Å². The van der Waals surface area contributed by atoms with Crippen molar-refractivity contribution >= 4 is 0 Å². The van der Waals surface area contributed by atoms with Crippen molar-refractivity contribution in [1.29, 1.82) is 0 Å². The van der Waals surface area contributed by atoms with Gasteiger partial charge in [0.15, 0.2) is 0 Å². The minimum Gasteiger partial charge on any atom is -0.496 e. The van der Waals surface area contributed by atoms with Gasteiger partial charge < -0.3 is 15.0 Å². The average Bonchev–Trinajstić information content (AvgIpc) is 2.88. The van der Waals surface area contributed by atoms with E-state index in [0.717, 1.165) is 31.2 Å². The van der Waals surface area contributed by atoms with Crippen LogP contribution in [0.15, 0.2) is 24.3 Å². The second kappa shape index (κ2) is 7.65. The predicted octanol–water partition coefficient (Wildman–Crippen LogP) is 3.08. The highest BCUT2D eigenvalue weighted by Gasteiger charge is 2.23. The first kappa shape index (κ1) is 15.3. The molecule has 1 aliphatic heterocycles. The lowest BCUT2D eigenvalue weighted by molar-refractivity contribution is 0.280. The van der Waals surface area contributed by atoms with Crippen molar-refractivity contribution in [2.75, 3.05) is 33.3 Å². The molecule has 1 N–H and O–H groups in total. The lowest BCUT2D eigenvalue weighted by Crippen LogP contribution is -2.34. The smallest absolute Gasteiger partial charge is 0.123 e. The van der Waals surface area contributed by atoms with Gasteiger partial charge in [-0.1, -0.05) is 32.0 Å². The molecular formula is C17H28N2O. The van der Waals surface area contributed by atoms with Crippen LogP contribution in [-0.2, 0) is 0 Å². The van der Waals surface area contributed by atoms with Crippen LogP contribution in [0, 0.1) is 5.92 Å². The van der Waals surface area contributed by atoms with Crippen LogP contribution in [0.1, 0.15) is 38.3 Å². The first-order valence-electron chi connectivity index (χ1n) is 7.83. The van der Waals surface area contributed by atoms with Crippen LogP contribution in [0.4, 0.5) is 0 Å². The van der Waals surface area contributed by atoms with Crippen LogP contribution in [0.3, 0.4) is 0 Å². The molecule has 0 radical (unpaired) electrons. The minimum atomic E-state index is 0.358. The molecule has 0 aliphatic carbocycles. The molecule has 0 aromatic heterocycles. The Balaban J connectivity index is 2.09. The van der Waals surface area contributed by atoms with Gasteiger partial charge in [-0.2, -0.15) is 0 Å². The largest absolute Gasteiger partial charge is 0.496 e. The molecule has 2 unspecified atom stereocenters. The molecule has 0 amide bonds. The lowest BCUT2D eigenvalue weighted by atomic mass is 10.0. The monoisotopic (exact) mass is 276 g/mol. The molecular weight excluding hydrogens is 248 g/mol. The number of benzene rings is 1. The summed E-state index contributed by atoms with van der Waals surface area (Å²) in [7, 11) is 1.76. The summed E-state index contributed by atoms with van der Waals surface area (Å²) in [4.78, 5) is 2.57. The van der Waals surface area contributed by atoms with Crippen LogP contribution >= 0.6 is 0 Å². The Bertz CT molecular complexity index is 408. The summed E-state index contributed by atoms with van der Waals surface area (Å²) in [6.45, 7) is 9.12. The van der Waals surface area contributed by atoms with Crippen LogP contribution in [-0.4, -0.2) is 38.2 Å². The first-order chi connectivity index (χ1) is 9.74. The molecule has 112 valence electrons. The molecule has 2 atom stereocenters. The average molecular weight is 276 g/mol. The predicted molar refractivity (Wildman–Crippen MR) is 84.2 cm³/mol. The van der Waals surface area contributed by atoms with E-state index in [1.807, 2.05) is 6.07 Å². The van der Waals surface area contributed by atoms with Crippen molar-refractivity contribution in [1.82, 2.24) is 10.2 Å². The SMILES string of the molecule is CCCNC(CN1CCC(C)C1)c1ccccc1OC. The van der Waals surface area contributed by atoms with Gasteiger partial charge in [-0.3, -0.25) is 0 Å². The van der Waals surface area contributed by atoms with Crippen molar-refractivity contribution in [2.45, 2.75) is 32.7 Å². The highest BCUT2D eigenvalue weighted by molar-refractivity contribution is 5.36. The third-order valence-electron chi connectivity index (χ3n) is 4.10. The number of ether oxygens (including phenoxy) is 1. The molecule has 0 saturated carbocycles. The van der Waals surface area contributed by atoms with E-state index in [9.17, 15) is 0 Å². The Kier molecular flexibility index (Phi) is 5.86. The van der Waals surface area contributed by atoms with Crippen molar-refractivity contribution < 1.29 is 4.74 Å². The molecule has 1 fully saturated rings. The lowest BCUT2D eigenvalue weighted by Gasteiger charge is -2.26. The van der Waals surface area contributed by atoms with Crippen molar-refractivity contribution in [3.05, 3.63) is 29.8 Å². The molecule has 1 aromatic carbocycles. The Labute approximate surface area is 123 Å². The zero-order chi connectivity index (χ0) is 14.4. The Morgan fingerprint density at radius 2 is 2.20 bits per heavy atom. The van der Waals surface area contributed by atoms with Crippen molar-refractivity contribution in [3.8, 4) is 5.75 Å². The van der Waals surface area contributed by atoms with E-state index in [-0.39, 0.29) is 0 Å². The molecule has 3 nitrogen and oxygen atoms in total. The standard InChI is InChI=1S/C17H28N2O/c1-4-10-18-16(13-19-11-9-14(2)12-19)15-7-5-6-8-17(15)20-3/h5-8,14,16,18H,4,9-13H2,1-3H3. The number of para-hydroxylation sites is 1. The van der Waals surface area contributed by atoms with Crippen molar-refractivity contribution in [3.63, 3.8) is 0 Å². The molecule has 1 aliphatic rings. The first-order valence-corrected chi connectivity index (χ1v) is 7.83. The Hall–Kier alpha value is -1.06. The number of hydrogen-bond donors (Lipinski definition) is 1. The quantitative estimate of drug-likeness (QED) is 0.828. The molecule has 1 aromatic rings. The van der Waals surface area contributed by atoms with Gasteiger partial charge in [0.25, 0.3) is 0 Å². The van der Waals surface area contributed by atoms with Gasteiger partial charge in [0.2, 0.25) is 0 Å². The fourth-order valence-corrected chi connectivity index (χ4v) is 3.00. The van der Waals surface area contributed by atoms with Crippen LogP contribution in [0.2, 0.25) is 0 Å². The number of rotatable bonds is 7. The van der Waals surface area contributed by atoms with E-state index < -0.39 is 0 Å². The summed E-state index contributed by atoms with van der Waals surface area (Å²) in [5.41, 5.74) is 1.28. The normalized spacial score (nSPS) is 21.1. The third kappa shape index (κ3) is 3.97. The summed E-state index contributed by atoms with van der Waals surface area (Å²) in [5.74, 6) is 1.83. The van der Waals surface area contributed by atoms with Gasteiger partial charge in [-0.25, -0.2) is 0 Å². The second-order valence-electron chi connectivity index (χ2n) is 5.90. The molecule has 1 saturated heterocycles. The van der Waals surface area contributed by atoms with E-state index in [1.165, 1.54) is 25.1 Å². The maximum absolute atomic E-state index is 5.53. The second-order valence-corrected chi connectivity index (χ2v) is 5.90. The van der Waals surface area contributed by atoms with Crippen LogP contribution in [0.25, 0.3) is 0 Å². The van der Waals surface area contributed by atoms with Crippen LogP contribution < -0.4 is 10.1 Å². The molecule has 0 spiro atoms. The summed E-state index contributed by atoms with van der Waals surface area (Å²) in [6.07, 6.45) is 2.48. The summed E-state index contributed by atoms with van der Waals surface area (Å²) >= 11 is 0. The fraction of sp³-hybridized carbons (Fsp3) is 0.647. The summed E-state index contributed by atoms with van der Waals surface area (Å²) in [5, 5.41) is 3.68. The number of nitrogens with one attached hydrogen (secondary N) is 1. The highest BCUT2D eigenvalue weighted by Crippen LogP contribution is 2.27. The molecule has 20 heavy (non-hydrogen) atoms. The van der Waals surface area contributed by atoms with Crippen molar-refractivity contribution in [2.24, 2.45) is 5.92 Å². The highest BCUT2D eigenvalue weighted by atomic mass is 16.5. The van der Waals surface area contributed by atoms with E-state index in [1.54, 1.807) is 7.11 Å². The number of hydrogen-bond acceptors (Lipinski definition) is 3. The Morgan fingerprint density at radius 3 is 2.85 bits per heavy atom. The number of likely N-dealkylation sites (tertiary alicyclic amines) is 1. The van der Waals surface area contributed by atoms with E-state index in [4.69, 9.17) is 4.74 Å². The van der Waals surface area contributed by atoms with E-state index >= 15 is 0 Å². The zero-order valence-corrected chi connectivity index (χ0v) is 13.1. The molecule has 0 bridgehead atoms. The minimum absolute atomic E-state index is 0.358. The third-order valence-corrected chi connectivity index (χ3v) is 4.10.